The zero-order valence-corrected chi connectivity index (χ0v) is 12.7. The molecule has 0 aliphatic carbocycles. The minimum absolute atomic E-state index is 0.00479. The van der Waals surface area contributed by atoms with Gasteiger partial charge in [-0.15, -0.1) is 0 Å². The fraction of sp³-hybridized carbons (Fsp3) is 0.188. The highest BCUT2D eigenvalue weighted by Gasteiger charge is 2.32. The number of hydrogen-bond donors (Lipinski definition) is 1. The van der Waals surface area contributed by atoms with E-state index >= 15 is 0 Å². The minimum Gasteiger partial charge on any atom is -0.326 e. The van der Waals surface area contributed by atoms with E-state index in [1.807, 2.05) is 0 Å². The molecule has 122 valence electrons. The van der Waals surface area contributed by atoms with Gasteiger partial charge in [0.1, 0.15) is 5.82 Å². The molecular formula is C16H12ClF4NO. The van der Waals surface area contributed by atoms with Crippen LogP contribution in [0, 0.1) is 12.7 Å². The predicted octanol–water partition coefficient (Wildman–Crippen LogP) is 4.99. The van der Waals surface area contributed by atoms with Crippen LogP contribution in [0.15, 0.2) is 36.4 Å². The van der Waals surface area contributed by atoms with Crippen molar-refractivity contribution in [2.45, 2.75) is 19.5 Å². The van der Waals surface area contributed by atoms with Crippen molar-refractivity contribution in [3.8, 4) is 0 Å². The molecule has 7 heteroatoms. The topological polar surface area (TPSA) is 29.1 Å². The van der Waals surface area contributed by atoms with Crippen molar-refractivity contribution in [3.63, 3.8) is 0 Å². The molecule has 0 atom stereocenters. The summed E-state index contributed by atoms with van der Waals surface area (Å²) in [7, 11) is 0. The maximum absolute atomic E-state index is 13.6. The third kappa shape index (κ3) is 4.22. The van der Waals surface area contributed by atoms with Crippen LogP contribution < -0.4 is 5.32 Å². The molecule has 0 bridgehead atoms. The largest absolute Gasteiger partial charge is 0.416 e. The lowest BCUT2D eigenvalue weighted by Crippen LogP contribution is -2.16. The van der Waals surface area contributed by atoms with Crippen LogP contribution in [0.1, 0.15) is 16.7 Å². The molecule has 0 aliphatic rings. The fourth-order valence-corrected chi connectivity index (χ4v) is 2.30. The first-order valence-electron chi connectivity index (χ1n) is 6.59. The number of alkyl halides is 3. The van der Waals surface area contributed by atoms with E-state index in [0.717, 1.165) is 12.1 Å². The fourth-order valence-electron chi connectivity index (χ4n) is 2.07. The van der Waals surface area contributed by atoms with E-state index in [0.29, 0.717) is 0 Å². The summed E-state index contributed by atoms with van der Waals surface area (Å²) in [6.45, 7) is 1.33. The van der Waals surface area contributed by atoms with Crippen LogP contribution in [0.3, 0.4) is 0 Å². The summed E-state index contributed by atoms with van der Waals surface area (Å²) < 4.78 is 52.1. The van der Waals surface area contributed by atoms with E-state index in [1.165, 1.54) is 31.2 Å². The van der Waals surface area contributed by atoms with Crippen LogP contribution in [-0.2, 0) is 17.4 Å². The summed E-state index contributed by atoms with van der Waals surface area (Å²) in [6, 6.07) is 7.44. The Labute approximate surface area is 135 Å². The van der Waals surface area contributed by atoms with Crippen molar-refractivity contribution in [2.24, 2.45) is 0 Å². The Morgan fingerprint density at radius 2 is 1.91 bits per heavy atom. The minimum atomic E-state index is -4.51. The Bertz CT molecular complexity index is 723. The molecule has 0 spiro atoms. The third-order valence-corrected chi connectivity index (χ3v) is 3.58. The van der Waals surface area contributed by atoms with Crippen LogP contribution in [0.4, 0.5) is 23.2 Å². The van der Waals surface area contributed by atoms with E-state index in [-0.39, 0.29) is 28.3 Å². The first-order chi connectivity index (χ1) is 10.7. The van der Waals surface area contributed by atoms with Crippen molar-refractivity contribution in [3.05, 3.63) is 63.9 Å². The van der Waals surface area contributed by atoms with Gasteiger partial charge in [0.2, 0.25) is 5.91 Å². The molecule has 0 saturated carbocycles. The average Bonchev–Trinajstić information content (AvgIpc) is 2.44. The van der Waals surface area contributed by atoms with Crippen LogP contribution in [0.5, 0.6) is 0 Å². The van der Waals surface area contributed by atoms with Crippen molar-refractivity contribution >= 4 is 23.2 Å². The number of hydrogen-bond acceptors (Lipinski definition) is 1. The summed E-state index contributed by atoms with van der Waals surface area (Å²) in [5.74, 6) is -1.30. The van der Waals surface area contributed by atoms with Gasteiger partial charge in [0.05, 0.1) is 12.0 Å². The number of carbonyl (C=O) groups excluding carboxylic acids is 1. The Balaban J connectivity index is 2.18. The van der Waals surface area contributed by atoms with Gasteiger partial charge in [0.25, 0.3) is 0 Å². The van der Waals surface area contributed by atoms with Gasteiger partial charge in [-0.2, -0.15) is 13.2 Å². The molecule has 0 aromatic heterocycles. The molecule has 0 radical (unpaired) electrons. The molecule has 23 heavy (non-hydrogen) atoms. The van der Waals surface area contributed by atoms with Crippen molar-refractivity contribution in [1.82, 2.24) is 0 Å². The lowest BCUT2D eigenvalue weighted by molar-refractivity contribution is -0.138. The summed E-state index contributed by atoms with van der Waals surface area (Å²) in [5.41, 5.74) is -0.804. The smallest absolute Gasteiger partial charge is 0.326 e. The molecule has 0 saturated heterocycles. The highest BCUT2D eigenvalue weighted by molar-refractivity contribution is 6.31. The second-order valence-corrected chi connectivity index (χ2v) is 5.36. The SMILES string of the molecule is Cc1ccc(NC(=O)Cc2c(F)cccc2Cl)cc1C(F)(F)F. The normalized spacial score (nSPS) is 11.4. The number of anilines is 1. The molecule has 2 nitrogen and oxygen atoms in total. The number of nitrogens with one attached hydrogen (secondary N) is 1. The number of halogens is 5. The number of aryl methyl sites for hydroxylation is 1. The van der Waals surface area contributed by atoms with E-state index in [9.17, 15) is 22.4 Å². The predicted molar refractivity (Wildman–Crippen MR) is 79.9 cm³/mol. The van der Waals surface area contributed by atoms with Gasteiger partial charge in [-0.1, -0.05) is 23.7 Å². The summed E-state index contributed by atoms with van der Waals surface area (Å²) >= 11 is 5.81. The van der Waals surface area contributed by atoms with Crippen molar-refractivity contribution < 1.29 is 22.4 Å². The molecule has 1 amide bonds. The van der Waals surface area contributed by atoms with Gasteiger partial charge in [-0.3, -0.25) is 4.79 Å². The molecule has 2 aromatic rings. The number of benzene rings is 2. The Hall–Kier alpha value is -2.08. The molecule has 0 fully saturated rings. The highest BCUT2D eigenvalue weighted by Crippen LogP contribution is 2.33. The maximum atomic E-state index is 13.6. The molecular weight excluding hydrogens is 334 g/mol. The second-order valence-electron chi connectivity index (χ2n) is 4.95. The van der Waals surface area contributed by atoms with E-state index in [1.54, 1.807) is 0 Å². The first kappa shape index (κ1) is 17.3. The monoisotopic (exact) mass is 345 g/mol. The second kappa shape index (κ2) is 6.58. The molecule has 0 aliphatic heterocycles. The molecule has 0 unspecified atom stereocenters. The first-order valence-corrected chi connectivity index (χ1v) is 6.97. The maximum Gasteiger partial charge on any atom is 0.416 e. The van der Waals surface area contributed by atoms with E-state index in [4.69, 9.17) is 11.6 Å². The average molecular weight is 346 g/mol. The van der Waals surface area contributed by atoms with Crippen LogP contribution in [-0.4, -0.2) is 5.91 Å². The van der Waals surface area contributed by atoms with Gasteiger partial charge >= 0.3 is 6.18 Å². The highest BCUT2D eigenvalue weighted by atomic mass is 35.5. The molecule has 2 rings (SSSR count). The zero-order chi connectivity index (χ0) is 17.2. The van der Waals surface area contributed by atoms with Crippen LogP contribution in [0.25, 0.3) is 0 Å². The zero-order valence-electron chi connectivity index (χ0n) is 12.0. The van der Waals surface area contributed by atoms with Crippen molar-refractivity contribution in [1.29, 1.82) is 0 Å². The number of amides is 1. The van der Waals surface area contributed by atoms with E-state index < -0.39 is 23.5 Å². The van der Waals surface area contributed by atoms with E-state index in [2.05, 4.69) is 5.32 Å². The molecule has 0 heterocycles. The summed E-state index contributed by atoms with van der Waals surface area (Å²) in [6.07, 6.45) is -4.89. The van der Waals surface area contributed by atoms with Gasteiger partial charge in [-0.05, 0) is 36.8 Å². The quantitative estimate of drug-likeness (QED) is 0.780. The molecule has 1 N–H and O–H groups in total. The van der Waals surface area contributed by atoms with Gasteiger partial charge in [0, 0.05) is 16.3 Å². The van der Waals surface area contributed by atoms with Gasteiger partial charge in [0.15, 0.2) is 0 Å². The lowest BCUT2D eigenvalue weighted by atomic mass is 10.1. The summed E-state index contributed by atoms with van der Waals surface area (Å²) in [4.78, 5) is 11.9. The number of rotatable bonds is 3. The van der Waals surface area contributed by atoms with Crippen LogP contribution in [0.2, 0.25) is 5.02 Å². The molecule has 2 aromatic carbocycles. The Kier molecular flexibility index (Phi) is 4.94. The standard InChI is InChI=1S/C16H12ClF4NO/c1-9-5-6-10(7-12(9)16(19,20)21)22-15(23)8-11-13(17)3-2-4-14(11)18/h2-7H,8H2,1H3,(H,22,23). The van der Waals surface area contributed by atoms with Gasteiger partial charge < -0.3 is 5.32 Å². The summed E-state index contributed by atoms with van der Waals surface area (Å²) in [5, 5.41) is 2.40. The Morgan fingerprint density at radius 3 is 2.52 bits per heavy atom. The number of carbonyl (C=O) groups is 1. The Morgan fingerprint density at radius 1 is 1.22 bits per heavy atom. The van der Waals surface area contributed by atoms with Gasteiger partial charge in [-0.25, -0.2) is 4.39 Å². The third-order valence-electron chi connectivity index (χ3n) is 3.23. The van der Waals surface area contributed by atoms with Crippen LogP contribution >= 0.6 is 11.6 Å². The lowest BCUT2D eigenvalue weighted by Gasteiger charge is -2.13. The van der Waals surface area contributed by atoms with Crippen molar-refractivity contribution in [2.75, 3.05) is 5.32 Å².